The van der Waals surface area contributed by atoms with E-state index in [1.54, 1.807) is 12.1 Å². The highest BCUT2D eigenvalue weighted by molar-refractivity contribution is 7.89. The summed E-state index contributed by atoms with van der Waals surface area (Å²) < 4.78 is 33.1. The van der Waals surface area contributed by atoms with E-state index >= 15 is 0 Å². The van der Waals surface area contributed by atoms with Gasteiger partial charge in [0.25, 0.3) is 0 Å². The summed E-state index contributed by atoms with van der Waals surface area (Å²) in [6.45, 7) is 2.62. The Hall–Kier alpha value is -1.85. The lowest BCUT2D eigenvalue weighted by molar-refractivity contribution is 0.318. The molecule has 1 N–H and O–H groups in total. The number of aryl methyl sites for hydroxylation is 2. The van der Waals surface area contributed by atoms with Gasteiger partial charge in [0.1, 0.15) is 12.4 Å². The molecule has 0 unspecified atom stereocenters. The third-order valence-corrected chi connectivity index (χ3v) is 6.12. The fraction of sp³-hybridized carbons (Fsp3) is 0.400. The summed E-state index contributed by atoms with van der Waals surface area (Å²) >= 11 is 0. The Kier molecular flexibility index (Phi) is 5.76. The Morgan fingerprint density at radius 3 is 2.56 bits per heavy atom. The van der Waals surface area contributed by atoms with Crippen molar-refractivity contribution in [3.63, 3.8) is 0 Å². The van der Waals surface area contributed by atoms with Gasteiger partial charge in [-0.25, -0.2) is 13.1 Å². The zero-order valence-corrected chi connectivity index (χ0v) is 15.4. The van der Waals surface area contributed by atoms with E-state index in [1.807, 2.05) is 31.2 Å². The van der Waals surface area contributed by atoms with Gasteiger partial charge in [0.05, 0.1) is 4.90 Å². The van der Waals surface area contributed by atoms with Crippen molar-refractivity contribution in [1.82, 2.24) is 4.72 Å². The summed E-state index contributed by atoms with van der Waals surface area (Å²) in [5, 5.41) is 0. The van der Waals surface area contributed by atoms with Crippen LogP contribution in [0.5, 0.6) is 5.75 Å². The van der Waals surface area contributed by atoms with E-state index < -0.39 is 10.0 Å². The Balaban J connectivity index is 1.56. The molecule has 0 aromatic heterocycles. The predicted octanol–water partition coefficient (Wildman–Crippen LogP) is 3.49. The minimum absolute atomic E-state index is 0.252. The monoisotopic (exact) mass is 359 g/mol. The maximum atomic E-state index is 12.3. The van der Waals surface area contributed by atoms with Crippen LogP contribution in [0.4, 0.5) is 0 Å². The molecule has 2 aromatic carbocycles. The maximum Gasteiger partial charge on any atom is 0.240 e. The molecule has 0 heterocycles. The molecule has 5 heteroatoms. The first kappa shape index (κ1) is 18.0. The van der Waals surface area contributed by atoms with E-state index in [-0.39, 0.29) is 6.54 Å². The molecule has 0 amide bonds. The Morgan fingerprint density at radius 2 is 1.80 bits per heavy atom. The Labute approximate surface area is 150 Å². The van der Waals surface area contributed by atoms with Crippen molar-refractivity contribution in [3.05, 3.63) is 59.2 Å². The van der Waals surface area contributed by atoms with E-state index in [1.165, 1.54) is 24.0 Å². The number of hydrogen-bond acceptors (Lipinski definition) is 3. The Bertz CT molecular complexity index is 813. The van der Waals surface area contributed by atoms with Gasteiger partial charge in [-0.05, 0) is 67.0 Å². The molecule has 0 saturated heterocycles. The summed E-state index contributed by atoms with van der Waals surface area (Å²) in [7, 11) is -3.49. The van der Waals surface area contributed by atoms with Crippen molar-refractivity contribution >= 4 is 10.0 Å². The number of rotatable bonds is 7. The van der Waals surface area contributed by atoms with Crippen molar-refractivity contribution in [2.24, 2.45) is 0 Å². The van der Waals surface area contributed by atoms with Gasteiger partial charge in [0.2, 0.25) is 10.0 Å². The van der Waals surface area contributed by atoms with E-state index in [4.69, 9.17) is 4.74 Å². The molecule has 25 heavy (non-hydrogen) atoms. The molecule has 1 aliphatic rings. The van der Waals surface area contributed by atoms with Crippen molar-refractivity contribution < 1.29 is 13.2 Å². The van der Waals surface area contributed by atoms with Crippen LogP contribution < -0.4 is 9.46 Å². The molecule has 3 rings (SSSR count). The minimum Gasteiger partial charge on any atom is -0.492 e. The molecule has 4 nitrogen and oxygen atoms in total. The molecule has 0 saturated carbocycles. The van der Waals surface area contributed by atoms with E-state index in [0.717, 1.165) is 30.6 Å². The predicted molar refractivity (Wildman–Crippen MR) is 99.6 cm³/mol. The molecular formula is C20H25NO3S. The maximum absolute atomic E-state index is 12.3. The van der Waals surface area contributed by atoms with Gasteiger partial charge in [-0.1, -0.05) is 31.2 Å². The normalized spacial score (nSPS) is 14.1. The van der Waals surface area contributed by atoms with Gasteiger partial charge >= 0.3 is 0 Å². The summed E-state index contributed by atoms with van der Waals surface area (Å²) in [4.78, 5) is 0.293. The van der Waals surface area contributed by atoms with E-state index in [9.17, 15) is 8.42 Å². The molecule has 0 aliphatic heterocycles. The zero-order valence-electron chi connectivity index (χ0n) is 14.6. The largest absolute Gasteiger partial charge is 0.492 e. The second-order valence-electron chi connectivity index (χ2n) is 6.34. The third kappa shape index (κ3) is 4.41. The number of ether oxygens (including phenoxy) is 1. The molecule has 0 spiro atoms. The van der Waals surface area contributed by atoms with Crippen LogP contribution in [0.2, 0.25) is 0 Å². The average Bonchev–Trinajstić information content (AvgIpc) is 2.65. The van der Waals surface area contributed by atoms with Crippen LogP contribution in [0, 0.1) is 0 Å². The van der Waals surface area contributed by atoms with Gasteiger partial charge in [-0.2, -0.15) is 0 Å². The highest BCUT2D eigenvalue weighted by Gasteiger charge is 2.15. The highest BCUT2D eigenvalue weighted by Crippen LogP contribution is 2.29. The van der Waals surface area contributed by atoms with Crippen LogP contribution in [-0.2, 0) is 29.3 Å². The fourth-order valence-electron chi connectivity index (χ4n) is 3.21. The first-order valence-electron chi connectivity index (χ1n) is 8.92. The number of nitrogens with one attached hydrogen (secondary N) is 1. The van der Waals surface area contributed by atoms with Gasteiger partial charge in [0.15, 0.2) is 0 Å². The number of sulfonamides is 1. The van der Waals surface area contributed by atoms with Gasteiger partial charge in [-0.15, -0.1) is 0 Å². The number of hydrogen-bond donors (Lipinski definition) is 1. The summed E-state index contributed by atoms with van der Waals surface area (Å²) in [5.74, 6) is 0.892. The molecule has 0 radical (unpaired) electrons. The number of fused-ring (bicyclic) bond motifs is 1. The van der Waals surface area contributed by atoms with Crippen LogP contribution >= 0.6 is 0 Å². The van der Waals surface area contributed by atoms with Crippen LogP contribution in [-0.4, -0.2) is 21.6 Å². The lowest BCUT2D eigenvalue weighted by Crippen LogP contribution is -2.28. The second-order valence-corrected chi connectivity index (χ2v) is 8.11. The second kappa shape index (κ2) is 8.02. The third-order valence-electron chi connectivity index (χ3n) is 4.65. The molecule has 2 aromatic rings. The SMILES string of the molecule is CCc1ccc(S(=O)(=O)NCCOc2cccc3c2CCCC3)cc1. The van der Waals surface area contributed by atoms with Crippen LogP contribution in [0.1, 0.15) is 36.5 Å². The van der Waals surface area contributed by atoms with E-state index in [0.29, 0.717) is 11.5 Å². The van der Waals surface area contributed by atoms with Crippen molar-refractivity contribution in [2.75, 3.05) is 13.2 Å². The van der Waals surface area contributed by atoms with Gasteiger partial charge in [0, 0.05) is 6.54 Å². The molecule has 1 aliphatic carbocycles. The highest BCUT2D eigenvalue weighted by atomic mass is 32.2. The first-order valence-corrected chi connectivity index (χ1v) is 10.4. The topological polar surface area (TPSA) is 55.4 Å². The van der Waals surface area contributed by atoms with Crippen molar-refractivity contribution in [3.8, 4) is 5.75 Å². The summed E-state index contributed by atoms with van der Waals surface area (Å²) in [6, 6.07) is 13.1. The molecular weight excluding hydrogens is 334 g/mol. The van der Waals surface area contributed by atoms with Crippen molar-refractivity contribution in [2.45, 2.75) is 43.9 Å². The number of benzene rings is 2. The molecule has 0 fully saturated rings. The average molecular weight is 359 g/mol. The standard InChI is InChI=1S/C20H25NO3S/c1-2-16-10-12-18(13-11-16)25(22,23)21-14-15-24-20-9-5-7-17-6-3-4-8-19(17)20/h5,7,9-13,21H,2-4,6,8,14-15H2,1H3. The lowest BCUT2D eigenvalue weighted by Gasteiger charge is -2.19. The van der Waals surface area contributed by atoms with Gasteiger partial charge in [-0.3, -0.25) is 0 Å². The lowest BCUT2D eigenvalue weighted by atomic mass is 9.91. The van der Waals surface area contributed by atoms with E-state index in [2.05, 4.69) is 10.8 Å². The van der Waals surface area contributed by atoms with Crippen molar-refractivity contribution in [1.29, 1.82) is 0 Å². The molecule has 0 atom stereocenters. The smallest absolute Gasteiger partial charge is 0.240 e. The van der Waals surface area contributed by atoms with Crippen LogP contribution in [0.25, 0.3) is 0 Å². The fourth-order valence-corrected chi connectivity index (χ4v) is 4.22. The van der Waals surface area contributed by atoms with Gasteiger partial charge < -0.3 is 4.74 Å². The summed E-state index contributed by atoms with van der Waals surface area (Å²) in [6.07, 6.45) is 5.46. The van der Waals surface area contributed by atoms with Crippen LogP contribution in [0.15, 0.2) is 47.4 Å². The minimum atomic E-state index is -3.49. The zero-order chi connectivity index (χ0) is 17.7. The summed E-state index contributed by atoms with van der Waals surface area (Å²) in [5.41, 5.74) is 3.77. The molecule has 0 bridgehead atoms. The van der Waals surface area contributed by atoms with Crippen LogP contribution in [0.3, 0.4) is 0 Å². The quantitative estimate of drug-likeness (QED) is 0.770. The first-order chi connectivity index (χ1) is 12.1. The Morgan fingerprint density at radius 1 is 1.04 bits per heavy atom. The molecule has 134 valence electrons.